The summed E-state index contributed by atoms with van der Waals surface area (Å²) in [4.78, 5) is 12.7. The van der Waals surface area contributed by atoms with Gasteiger partial charge in [0.15, 0.2) is 0 Å². The maximum atomic E-state index is 8.95. The fourth-order valence-corrected chi connectivity index (χ4v) is 2.39. The van der Waals surface area contributed by atoms with Gasteiger partial charge in [-0.05, 0) is 26.4 Å². The minimum absolute atomic E-state index is 0.122. The van der Waals surface area contributed by atoms with Crippen molar-refractivity contribution < 1.29 is 5.11 Å². The molecular weight excluding hydrogens is 242 g/mol. The van der Waals surface area contributed by atoms with Crippen molar-refractivity contribution in [1.82, 2.24) is 14.9 Å². The molecular formula is C13H23N5O. The molecule has 0 saturated carbocycles. The number of nitrogens with zero attached hydrogens (tertiary/aromatic N) is 4. The molecule has 106 valence electrons. The first-order valence-corrected chi connectivity index (χ1v) is 6.78. The lowest BCUT2D eigenvalue weighted by Crippen LogP contribution is -2.39. The predicted molar refractivity (Wildman–Crippen MR) is 76.5 cm³/mol. The van der Waals surface area contributed by atoms with E-state index < -0.39 is 0 Å². The van der Waals surface area contributed by atoms with Gasteiger partial charge in [0.2, 0.25) is 0 Å². The number of likely N-dealkylation sites (N-methyl/N-ethyl adjacent to an activating group) is 2. The zero-order valence-electron chi connectivity index (χ0n) is 11.7. The smallest absolute Gasteiger partial charge is 0.133 e. The molecule has 0 amide bonds. The Morgan fingerprint density at radius 2 is 2.37 bits per heavy atom. The van der Waals surface area contributed by atoms with E-state index in [-0.39, 0.29) is 6.61 Å². The highest BCUT2D eigenvalue weighted by atomic mass is 16.3. The third-order valence-electron chi connectivity index (χ3n) is 3.46. The lowest BCUT2D eigenvalue weighted by molar-refractivity contribution is 0.260. The van der Waals surface area contributed by atoms with Gasteiger partial charge in [0.05, 0.1) is 6.61 Å². The van der Waals surface area contributed by atoms with E-state index >= 15 is 0 Å². The van der Waals surface area contributed by atoms with Crippen LogP contribution in [0.25, 0.3) is 0 Å². The molecule has 1 fully saturated rings. The highest BCUT2D eigenvalue weighted by molar-refractivity contribution is 5.48. The zero-order chi connectivity index (χ0) is 13.7. The van der Waals surface area contributed by atoms with E-state index in [0.29, 0.717) is 12.6 Å². The van der Waals surface area contributed by atoms with E-state index in [0.717, 1.165) is 18.2 Å². The largest absolute Gasteiger partial charge is 0.395 e. The topological polar surface area (TPSA) is 64.5 Å². The fourth-order valence-electron chi connectivity index (χ4n) is 2.39. The molecule has 0 aromatic carbocycles. The van der Waals surface area contributed by atoms with Crippen LogP contribution in [-0.2, 0) is 0 Å². The van der Waals surface area contributed by atoms with Crippen molar-refractivity contribution in [2.24, 2.45) is 0 Å². The maximum Gasteiger partial charge on any atom is 0.133 e. The van der Waals surface area contributed by atoms with Crippen molar-refractivity contribution in [1.29, 1.82) is 0 Å². The number of aromatic nitrogens is 2. The van der Waals surface area contributed by atoms with Gasteiger partial charge in [-0.2, -0.15) is 0 Å². The summed E-state index contributed by atoms with van der Waals surface area (Å²) >= 11 is 0. The molecule has 0 bridgehead atoms. The molecule has 6 heteroatoms. The van der Waals surface area contributed by atoms with Crippen LogP contribution >= 0.6 is 0 Å². The van der Waals surface area contributed by atoms with Crippen LogP contribution in [0, 0.1) is 0 Å². The Morgan fingerprint density at radius 1 is 1.53 bits per heavy atom. The summed E-state index contributed by atoms with van der Waals surface area (Å²) < 4.78 is 0. The molecule has 1 aliphatic heterocycles. The first-order valence-electron chi connectivity index (χ1n) is 6.78. The van der Waals surface area contributed by atoms with Crippen LogP contribution in [0.15, 0.2) is 12.4 Å². The average molecular weight is 265 g/mol. The minimum atomic E-state index is 0.122. The van der Waals surface area contributed by atoms with Crippen molar-refractivity contribution >= 4 is 11.6 Å². The third kappa shape index (κ3) is 4.04. The third-order valence-corrected chi connectivity index (χ3v) is 3.46. The van der Waals surface area contributed by atoms with Gasteiger partial charge in [-0.25, -0.2) is 9.97 Å². The summed E-state index contributed by atoms with van der Waals surface area (Å²) in [6, 6.07) is 2.38. The van der Waals surface area contributed by atoms with Crippen LogP contribution in [0.2, 0.25) is 0 Å². The second-order valence-electron chi connectivity index (χ2n) is 5.15. The molecule has 0 radical (unpaired) electrons. The Labute approximate surface area is 114 Å². The molecule has 1 atom stereocenters. The normalized spacial score (nSPS) is 20.3. The molecule has 1 unspecified atom stereocenters. The molecule has 2 heterocycles. The van der Waals surface area contributed by atoms with Crippen LogP contribution < -0.4 is 10.2 Å². The number of aliphatic hydroxyl groups is 1. The molecule has 1 aromatic rings. The van der Waals surface area contributed by atoms with E-state index in [1.807, 2.05) is 18.0 Å². The Hall–Kier alpha value is -1.40. The second kappa shape index (κ2) is 6.68. The summed E-state index contributed by atoms with van der Waals surface area (Å²) in [6.07, 6.45) is 3.96. The van der Waals surface area contributed by atoms with Crippen LogP contribution in [0.3, 0.4) is 0 Å². The Kier molecular flexibility index (Phi) is 4.93. The Balaban J connectivity index is 1.98. The van der Waals surface area contributed by atoms with E-state index in [2.05, 4.69) is 27.2 Å². The van der Waals surface area contributed by atoms with Gasteiger partial charge < -0.3 is 20.2 Å². The van der Waals surface area contributed by atoms with Gasteiger partial charge in [0.1, 0.15) is 18.0 Å². The van der Waals surface area contributed by atoms with E-state index in [1.54, 1.807) is 6.33 Å². The monoisotopic (exact) mass is 265 g/mol. The summed E-state index contributed by atoms with van der Waals surface area (Å²) in [7, 11) is 4.06. The van der Waals surface area contributed by atoms with Crippen LogP contribution in [0.4, 0.5) is 11.6 Å². The van der Waals surface area contributed by atoms with E-state index in [9.17, 15) is 0 Å². The van der Waals surface area contributed by atoms with Gasteiger partial charge in [0.25, 0.3) is 0 Å². The summed E-state index contributed by atoms with van der Waals surface area (Å²) in [5.74, 6) is 1.69. The molecule has 0 aliphatic carbocycles. The molecule has 6 nitrogen and oxygen atoms in total. The molecule has 1 saturated heterocycles. The van der Waals surface area contributed by atoms with Crippen molar-refractivity contribution in [3.63, 3.8) is 0 Å². The molecule has 2 rings (SSSR count). The quantitative estimate of drug-likeness (QED) is 0.804. The van der Waals surface area contributed by atoms with Gasteiger partial charge in [-0.3, -0.25) is 0 Å². The van der Waals surface area contributed by atoms with Crippen LogP contribution in [-0.4, -0.2) is 66.4 Å². The number of likely N-dealkylation sites (tertiary alicyclic amines) is 1. The zero-order valence-corrected chi connectivity index (χ0v) is 11.7. The number of piperidine rings is 1. The summed E-state index contributed by atoms with van der Waals surface area (Å²) in [6.45, 7) is 2.91. The van der Waals surface area contributed by atoms with E-state index in [1.165, 1.54) is 19.4 Å². The van der Waals surface area contributed by atoms with Crippen LogP contribution in [0.5, 0.6) is 0 Å². The van der Waals surface area contributed by atoms with Crippen molar-refractivity contribution in [3.05, 3.63) is 12.4 Å². The van der Waals surface area contributed by atoms with E-state index in [4.69, 9.17) is 5.11 Å². The Morgan fingerprint density at radius 3 is 3.11 bits per heavy atom. The van der Waals surface area contributed by atoms with Crippen molar-refractivity contribution in [2.75, 3.05) is 50.6 Å². The summed E-state index contributed by atoms with van der Waals surface area (Å²) in [5.41, 5.74) is 0. The number of nitrogens with one attached hydrogen (secondary N) is 1. The molecule has 1 aliphatic rings. The molecule has 1 aromatic heterocycles. The highest BCUT2D eigenvalue weighted by Gasteiger charge is 2.17. The minimum Gasteiger partial charge on any atom is -0.395 e. The van der Waals surface area contributed by atoms with Crippen molar-refractivity contribution in [3.8, 4) is 0 Å². The number of hydrogen-bond acceptors (Lipinski definition) is 6. The first-order chi connectivity index (χ1) is 9.19. The number of rotatable bonds is 5. The lowest BCUT2D eigenvalue weighted by Gasteiger charge is -2.30. The molecule has 0 spiro atoms. The maximum absolute atomic E-state index is 8.95. The molecule has 2 N–H and O–H groups in total. The second-order valence-corrected chi connectivity index (χ2v) is 5.15. The number of aliphatic hydroxyl groups excluding tert-OH is 1. The van der Waals surface area contributed by atoms with Crippen molar-refractivity contribution in [2.45, 2.75) is 18.9 Å². The number of hydrogen-bond donors (Lipinski definition) is 2. The SMILES string of the molecule is CN1CCCC(Nc2cc(N(C)CCO)ncn2)C1. The first kappa shape index (κ1) is 14.0. The van der Waals surface area contributed by atoms with Crippen LogP contribution in [0.1, 0.15) is 12.8 Å². The molecule has 19 heavy (non-hydrogen) atoms. The fraction of sp³-hybridized carbons (Fsp3) is 0.692. The van der Waals surface area contributed by atoms with Gasteiger partial charge in [-0.1, -0.05) is 0 Å². The van der Waals surface area contributed by atoms with Gasteiger partial charge in [0, 0.05) is 32.2 Å². The Bertz CT molecular complexity index is 400. The summed E-state index contributed by atoms with van der Waals surface area (Å²) in [5, 5.41) is 12.4. The standard InChI is InChI=1S/C13H23N5O/c1-17-5-3-4-11(9-17)16-12-8-13(15-10-14-12)18(2)6-7-19/h8,10-11,19H,3-7,9H2,1-2H3,(H,14,15,16). The highest BCUT2D eigenvalue weighted by Crippen LogP contribution is 2.16. The predicted octanol–water partition coefficient (Wildman–Crippen LogP) is 0.411. The number of anilines is 2. The van der Waals surface area contributed by atoms with Gasteiger partial charge >= 0.3 is 0 Å². The van der Waals surface area contributed by atoms with Gasteiger partial charge in [-0.15, -0.1) is 0 Å². The lowest BCUT2D eigenvalue weighted by atomic mass is 10.1. The average Bonchev–Trinajstić information content (AvgIpc) is 2.39.